The van der Waals surface area contributed by atoms with Crippen molar-refractivity contribution in [3.05, 3.63) is 63.6 Å². The van der Waals surface area contributed by atoms with Crippen LogP contribution in [-0.4, -0.2) is 36.4 Å². The highest BCUT2D eigenvalue weighted by Crippen LogP contribution is 2.31. The predicted octanol–water partition coefficient (Wildman–Crippen LogP) is 4.60. The van der Waals surface area contributed by atoms with Gasteiger partial charge >= 0.3 is 0 Å². The Morgan fingerprint density at radius 2 is 1.83 bits per heavy atom. The number of nitrogens with zero attached hydrogens (tertiary/aromatic N) is 1. The van der Waals surface area contributed by atoms with Crippen LogP contribution in [0.1, 0.15) is 44.4 Å². The molecule has 0 saturated heterocycles. The largest absolute Gasteiger partial charge is 0.483 e. The number of aryl methyl sites for hydroxylation is 1. The van der Waals surface area contributed by atoms with E-state index in [1.165, 1.54) is 5.56 Å². The molecule has 0 aliphatic carbocycles. The van der Waals surface area contributed by atoms with Crippen molar-refractivity contribution in [2.45, 2.75) is 52.6 Å². The van der Waals surface area contributed by atoms with Crippen molar-refractivity contribution >= 4 is 27.7 Å². The third-order valence-electron chi connectivity index (χ3n) is 5.16. The molecule has 0 radical (unpaired) electrons. The van der Waals surface area contributed by atoms with Gasteiger partial charge in [-0.15, -0.1) is 0 Å². The first-order valence-electron chi connectivity index (χ1n) is 10.0. The van der Waals surface area contributed by atoms with Crippen LogP contribution in [0.25, 0.3) is 0 Å². The quantitative estimate of drug-likeness (QED) is 0.637. The van der Waals surface area contributed by atoms with Crippen molar-refractivity contribution in [1.29, 1.82) is 0 Å². The summed E-state index contributed by atoms with van der Waals surface area (Å²) in [5.41, 5.74) is 3.25. The Morgan fingerprint density at radius 1 is 1.17 bits per heavy atom. The lowest BCUT2D eigenvalue weighted by atomic mass is 9.87. The zero-order valence-electron chi connectivity index (χ0n) is 18.6. The summed E-state index contributed by atoms with van der Waals surface area (Å²) in [6, 6.07) is 13.1. The highest BCUT2D eigenvalue weighted by Gasteiger charge is 2.26. The standard InChI is InChI=1S/C24H31BrN2O3/c1-16-9-7-8-10-18(16)14-27(17(2)23(29)26-6)22(28)15-30-21-12-11-19(13-20(21)25)24(3,4)5/h7-13,17H,14-15H2,1-6H3,(H,26,29). The van der Waals surface area contributed by atoms with Gasteiger partial charge in [-0.2, -0.15) is 0 Å². The van der Waals surface area contributed by atoms with Crippen LogP contribution in [0.4, 0.5) is 0 Å². The third-order valence-corrected chi connectivity index (χ3v) is 5.78. The molecule has 0 aromatic heterocycles. The number of likely N-dealkylation sites (N-methyl/N-ethyl adjacent to an activating group) is 1. The molecule has 2 rings (SSSR count). The second kappa shape index (κ2) is 10.1. The minimum atomic E-state index is -0.614. The lowest BCUT2D eigenvalue weighted by molar-refractivity contribution is -0.142. The summed E-state index contributed by atoms with van der Waals surface area (Å²) < 4.78 is 6.61. The minimum Gasteiger partial charge on any atom is -0.483 e. The molecule has 0 spiro atoms. The van der Waals surface area contributed by atoms with Crippen molar-refractivity contribution in [2.24, 2.45) is 0 Å². The second-order valence-corrected chi connectivity index (χ2v) is 9.28. The van der Waals surface area contributed by atoms with Crippen LogP contribution in [0.3, 0.4) is 0 Å². The fourth-order valence-electron chi connectivity index (χ4n) is 3.07. The first-order chi connectivity index (χ1) is 14.0. The van der Waals surface area contributed by atoms with E-state index in [0.29, 0.717) is 12.3 Å². The van der Waals surface area contributed by atoms with Gasteiger partial charge < -0.3 is 15.0 Å². The normalized spacial score (nSPS) is 12.2. The molecule has 0 fully saturated rings. The SMILES string of the molecule is CNC(=O)C(C)N(Cc1ccccc1C)C(=O)COc1ccc(C(C)(C)C)cc1Br. The number of rotatable bonds is 7. The molecule has 1 atom stereocenters. The van der Waals surface area contributed by atoms with E-state index < -0.39 is 6.04 Å². The van der Waals surface area contributed by atoms with E-state index in [1.807, 2.05) is 49.4 Å². The van der Waals surface area contributed by atoms with Gasteiger partial charge in [0.1, 0.15) is 11.8 Å². The maximum atomic E-state index is 13.0. The van der Waals surface area contributed by atoms with Crippen LogP contribution in [0.15, 0.2) is 46.9 Å². The maximum Gasteiger partial charge on any atom is 0.261 e. The molecule has 0 heterocycles. The van der Waals surface area contributed by atoms with Gasteiger partial charge in [0.25, 0.3) is 5.91 Å². The number of halogens is 1. The summed E-state index contributed by atoms with van der Waals surface area (Å²) in [6.45, 7) is 10.3. The monoisotopic (exact) mass is 474 g/mol. The van der Waals surface area contributed by atoms with Crippen molar-refractivity contribution in [3.8, 4) is 5.75 Å². The molecule has 6 heteroatoms. The molecule has 30 heavy (non-hydrogen) atoms. The molecule has 2 amide bonds. The predicted molar refractivity (Wildman–Crippen MR) is 124 cm³/mol. The van der Waals surface area contributed by atoms with Crippen LogP contribution in [0.5, 0.6) is 5.75 Å². The number of ether oxygens (including phenoxy) is 1. The summed E-state index contributed by atoms with van der Waals surface area (Å²) in [5.74, 6) is 0.133. The highest BCUT2D eigenvalue weighted by molar-refractivity contribution is 9.10. The van der Waals surface area contributed by atoms with E-state index in [4.69, 9.17) is 4.74 Å². The summed E-state index contributed by atoms with van der Waals surface area (Å²) >= 11 is 3.54. The smallest absolute Gasteiger partial charge is 0.261 e. The lowest BCUT2D eigenvalue weighted by Gasteiger charge is -2.29. The van der Waals surface area contributed by atoms with Gasteiger partial charge in [0.05, 0.1) is 4.47 Å². The molecular formula is C24H31BrN2O3. The van der Waals surface area contributed by atoms with Gasteiger partial charge in [-0.05, 0) is 64.0 Å². The van der Waals surface area contributed by atoms with Crippen molar-refractivity contribution in [2.75, 3.05) is 13.7 Å². The topological polar surface area (TPSA) is 58.6 Å². The Kier molecular flexibility index (Phi) is 8.07. The minimum absolute atomic E-state index is 0.0180. The number of amides is 2. The van der Waals surface area contributed by atoms with Crippen molar-refractivity contribution in [1.82, 2.24) is 10.2 Å². The van der Waals surface area contributed by atoms with Crippen LogP contribution >= 0.6 is 15.9 Å². The molecule has 1 unspecified atom stereocenters. The van der Waals surface area contributed by atoms with Gasteiger partial charge in [0.2, 0.25) is 5.91 Å². The van der Waals surface area contributed by atoms with Crippen LogP contribution < -0.4 is 10.1 Å². The molecule has 0 bridgehead atoms. The summed E-state index contributed by atoms with van der Waals surface area (Å²) in [6.07, 6.45) is 0. The number of nitrogens with one attached hydrogen (secondary N) is 1. The Bertz CT molecular complexity index is 906. The highest BCUT2D eigenvalue weighted by atomic mass is 79.9. The van der Waals surface area contributed by atoms with Crippen molar-refractivity contribution < 1.29 is 14.3 Å². The number of carbonyl (C=O) groups is 2. The lowest BCUT2D eigenvalue weighted by Crippen LogP contribution is -2.48. The molecule has 0 aliphatic heterocycles. The first kappa shape index (κ1) is 23.9. The maximum absolute atomic E-state index is 13.0. The molecule has 2 aromatic carbocycles. The van der Waals surface area contributed by atoms with Crippen LogP contribution in [-0.2, 0) is 21.5 Å². The Hall–Kier alpha value is -2.34. The van der Waals surface area contributed by atoms with Crippen LogP contribution in [0.2, 0.25) is 0 Å². The van der Waals surface area contributed by atoms with E-state index in [9.17, 15) is 9.59 Å². The molecule has 0 aliphatic rings. The average Bonchev–Trinajstić information content (AvgIpc) is 2.70. The Labute approximate surface area is 187 Å². The van der Waals surface area contributed by atoms with Crippen molar-refractivity contribution in [3.63, 3.8) is 0 Å². The van der Waals surface area contributed by atoms with Gasteiger partial charge in [-0.25, -0.2) is 0 Å². The number of carbonyl (C=O) groups excluding carboxylic acids is 2. The Morgan fingerprint density at radius 3 is 2.40 bits per heavy atom. The molecule has 1 N–H and O–H groups in total. The van der Waals surface area contributed by atoms with E-state index in [0.717, 1.165) is 15.6 Å². The molecule has 5 nitrogen and oxygen atoms in total. The average molecular weight is 475 g/mol. The number of benzene rings is 2. The Balaban J connectivity index is 2.18. The summed E-state index contributed by atoms with van der Waals surface area (Å²) in [7, 11) is 1.57. The summed E-state index contributed by atoms with van der Waals surface area (Å²) in [5, 5.41) is 2.62. The fourth-order valence-corrected chi connectivity index (χ4v) is 3.56. The third kappa shape index (κ3) is 6.08. The number of hydrogen-bond acceptors (Lipinski definition) is 3. The first-order valence-corrected chi connectivity index (χ1v) is 10.8. The molecule has 2 aromatic rings. The van der Waals surface area contributed by atoms with Gasteiger partial charge in [0.15, 0.2) is 6.61 Å². The molecular weight excluding hydrogens is 444 g/mol. The zero-order valence-corrected chi connectivity index (χ0v) is 20.2. The van der Waals surface area contributed by atoms with E-state index in [2.05, 4.69) is 42.0 Å². The van der Waals surface area contributed by atoms with E-state index >= 15 is 0 Å². The van der Waals surface area contributed by atoms with E-state index in [1.54, 1.807) is 18.9 Å². The van der Waals surface area contributed by atoms with Gasteiger partial charge in [0, 0.05) is 13.6 Å². The molecule has 0 saturated carbocycles. The summed E-state index contributed by atoms with van der Waals surface area (Å²) in [4.78, 5) is 26.8. The van der Waals surface area contributed by atoms with E-state index in [-0.39, 0.29) is 23.8 Å². The zero-order chi connectivity index (χ0) is 22.5. The van der Waals surface area contributed by atoms with Gasteiger partial charge in [-0.3, -0.25) is 9.59 Å². The number of hydrogen-bond donors (Lipinski definition) is 1. The second-order valence-electron chi connectivity index (χ2n) is 8.42. The van der Waals surface area contributed by atoms with Gasteiger partial charge in [-0.1, -0.05) is 51.1 Å². The molecule has 162 valence electrons. The fraction of sp³-hybridized carbons (Fsp3) is 0.417. The van der Waals surface area contributed by atoms with Crippen LogP contribution in [0, 0.1) is 6.92 Å².